The number of carbonyl (C=O) groups excluding carboxylic acids is 2. The highest BCUT2D eigenvalue weighted by Gasteiger charge is 2.30. The van der Waals surface area contributed by atoms with Crippen LogP contribution in [0, 0.1) is 5.82 Å². The predicted molar refractivity (Wildman–Crippen MR) is 144 cm³/mol. The Morgan fingerprint density at radius 3 is 2.49 bits per heavy atom. The molecule has 2 amide bonds. The molecule has 0 heterocycles. The standard InChI is InChI=1S/C26H30Cl3FN2O2S/c1-2-24(26(34)31-18-7-4-3-5-8-18)32(14-17-11-12-21(28)22(29)13-17)25(33)16-35-15-19-20(27)9-6-10-23(19)30/h6,9-13,18,24H,2-5,7-8,14-16H2,1H3,(H,31,34)/t24-/m0/s1. The van der Waals surface area contributed by atoms with Crippen LogP contribution in [0.25, 0.3) is 0 Å². The summed E-state index contributed by atoms with van der Waals surface area (Å²) in [6.07, 6.45) is 5.78. The van der Waals surface area contributed by atoms with Gasteiger partial charge in [0.25, 0.3) is 0 Å². The van der Waals surface area contributed by atoms with Gasteiger partial charge in [0.2, 0.25) is 11.8 Å². The third-order valence-electron chi connectivity index (χ3n) is 6.21. The molecule has 1 fully saturated rings. The van der Waals surface area contributed by atoms with Gasteiger partial charge in [0.1, 0.15) is 11.9 Å². The van der Waals surface area contributed by atoms with E-state index in [1.54, 1.807) is 35.2 Å². The number of benzene rings is 2. The van der Waals surface area contributed by atoms with Crippen molar-refractivity contribution >= 4 is 58.4 Å². The van der Waals surface area contributed by atoms with Crippen LogP contribution in [0.1, 0.15) is 56.6 Å². The van der Waals surface area contributed by atoms with Gasteiger partial charge in [0.05, 0.1) is 15.8 Å². The van der Waals surface area contributed by atoms with Crippen LogP contribution in [0.3, 0.4) is 0 Å². The Kier molecular flexibility index (Phi) is 11.0. The quantitative estimate of drug-likeness (QED) is 0.333. The maximum absolute atomic E-state index is 14.1. The summed E-state index contributed by atoms with van der Waals surface area (Å²) in [5, 5.41) is 4.30. The van der Waals surface area contributed by atoms with Crippen LogP contribution >= 0.6 is 46.6 Å². The molecule has 4 nitrogen and oxygen atoms in total. The summed E-state index contributed by atoms with van der Waals surface area (Å²) in [6.45, 7) is 2.11. The average molecular weight is 560 g/mol. The van der Waals surface area contributed by atoms with Crippen molar-refractivity contribution < 1.29 is 14.0 Å². The number of rotatable bonds is 10. The fraction of sp³-hybridized carbons (Fsp3) is 0.462. The van der Waals surface area contributed by atoms with Gasteiger partial charge >= 0.3 is 0 Å². The molecule has 35 heavy (non-hydrogen) atoms. The van der Waals surface area contributed by atoms with E-state index in [-0.39, 0.29) is 35.9 Å². The van der Waals surface area contributed by atoms with Crippen LogP contribution in [-0.4, -0.2) is 34.6 Å². The molecule has 190 valence electrons. The molecule has 9 heteroatoms. The van der Waals surface area contributed by atoms with Gasteiger partial charge in [-0.2, -0.15) is 0 Å². The van der Waals surface area contributed by atoms with Crippen LogP contribution < -0.4 is 5.32 Å². The third-order valence-corrected chi connectivity index (χ3v) is 8.25. The zero-order valence-corrected chi connectivity index (χ0v) is 22.8. The van der Waals surface area contributed by atoms with Crippen LogP contribution in [-0.2, 0) is 21.9 Å². The van der Waals surface area contributed by atoms with Crippen molar-refractivity contribution in [3.05, 3.63) is 68.4 Å². The number of nitrogens with zero attached hydrogens (tertiary/aromatic N) is 1. The first-order chi connectivity index (χ1) is 16.8. The maximum atomic E-state index is 14.1. The number of hydrogen-bond donors (Lipinski definition) is 1. The highest BCUT2D eigenvalue weighted by Crippen LogP contribution is 2.27. The Morgan fingerprint density at radius 2 is 1.83 bits per heavy atom. The molecule has 0 aromatic heterocycles. The maximum Gasteiger partial charge on any atom is 0.243 e. The Hall–Kier alpha value is -1.47. The molecule has 3 rings (SSSR count). The van der Waals surface area contributed by atoms with E-state index < -0.39 is 11.9 Å². The highest BCUT2D eigenvalue weighted by molar-refractivity contribution is 7.99. The van der Waals surface area contributed by atoms with Crippen LogP contribution in [0.2, 0.25) is 15.1 Å². The molecule has 1 aliphatic carbocycles. The lowest BCUT2D eigenvalue weighted by molar-refractivity contribution is -0.139. The number of thioether (sulfide) groups is 1. The van der Waals surface area contributed by atoms with Gasteiger partial charge in [-0.25, -0.2) is 4.39 Å². The number of nitrogens with one attached hydrogen (secondary N) is 1. The van der Waals surface area contributed by atoms with Crippen molar-refractivity contribution in [1.29, 1.82) is 0 Å². The molecular formula is C26H30Cl3FN2O2S. The minimum Gasteiger partial charge on any atom is -0.352 e. The normalized spacial score (nSPS) is 15.0. The van der Waals surface area contributed by atoms with E-state index in [0.717, 1.165) is 31.2 Å². The summed E-state index contributed by atoms with van der Waals surface area (Å²) in [5.41, 5.74) is 1.14. The van der Waals surface area contributed by atoms with E-state index in [1.165, 1.54) is 24.2 Å². The van der Waals surface area contributed by atoms with Crippen molar-refractivity contribution in [3.8, 4) is 0 Å². The fourth-order valence-corrected chi connectivity index (χ4v) is 5.86. The molecule has 2 aromatic carbocycles. The van der Waals surface area contributed by atoms with Gasteiger partial charge in [0.15, 0.2) is 0 Å². The third kappa shape index (κ3) is 8.01. The van der Waals surface area contributed by atoms with Gasteiger partial charge < -0.3 is 10.2 Å². The van der Waals surface area contributed by atoms with Crippen molar-refractivity contribution in [1.82, 2.24) is 10.2 Å². The summed E-state index contributed by atoms with van der Waals surface area (Å²) in [4.78, 5) is 28.2. The summed E-state index contributed by atoms with van der Waals surface area (Å²) in [6, 6.07) is 9.23. The summed E-state index contributed by atoms with van der Waals surface area (Å²) < 4.78 is 14.1. The van der Waals surface area contributed by atoms with E-state index in [2.05, 4.69) is 5.32 Å². The minimum atomic E-state index is -0.628. The van der Waals surface area contributed by atoms with Crippen LogP contribution in [0.4, 0.5) is 4.39 Å². The first kappa shape index (κ1) is 28.1. The smallest absolute Gasteiger partial charge is 0.243 e. The highest BCUT2D eigenvalue weighted by atomic mass is 35.5. The molecular weight excluding hydrogens is 530 g/mol. The lowest BCUT2D eigenvalue weighted by Crippen LogP contribution is -2.52. The Balaban J connectivity index is 1.75. The van der Waals surface area contributed by atoms with Gasteiger partial charge in [-0.15, -0.1) is 11.8 Å². The van der Waals surface area contributed by atoms with Crippen LogP contribution in [0.15, 0.2) is 36.4 Å². The number of carbonyl (C=O) groups is 2. The van der Waals surface area contributed by atoms with Crippen molar-refractivity contribution in [2.75, 3.05) is 5.75 Å². The Bertz CT molecular complexity index is 1010. The molecule has 1 atom stereocenters. The SMILES string of the molecule is CC[C@@H](C(=O)NC1CCCCC1)N(Cc1ccc(Cl)c(Cl)c1)C(=O)CSCc1c(F)cccc1Cl. The molecule has 0 bridgehead atoms. The van der Waals surface area contributed by atoms with Crippen molar-refractivity contribution in [2.45, 2.75) is 69.8 Å². The lowest BCUT2D eigenvalue weighted by atomic mass is 9.95. The largest absolute Gasteiger partial charge is 0.352 e. The van der Waals surface area contributed by atoms with Crippen LogP contribution in [0.5, 0.6) is 0 Å². The second-order valence-corrected chi connectivity index (χ2v) is 10.9. The summed E-state index contributed by atoms with van der Waals surface area (Å²) in [5.74, 6) is -0.417. The number of halogens is 4. The fourth-order valence-electron chi connectivity index (χ4n) is 4.29. The molecule has 1 N–H and O–H groups in total. The molecule has 0 radical (unpaired) electrons. The summed E-state index contributed by atoms with van der Waals surface area (Å²) >= 11 is 19.6. The van der Waals surface area contributed by atoms with E-state index in [4.69, 9.17) is 34.8 Å². The number of hydrogen-bond acceptors (Lipinski definition) is 3. The second kappa shape index (κ2) is 13.7. The number of amides is 2. The molecule has 0 aliphatic heterocycles. The Labute approximate surface area is 225 Å². The van der Waals surface area contributed by atoms with Gasteiger partial charge in [-0.1, -0.05) is 73.1 Å². The molecule has 2 aromatic rings. The molecule has 0 spiro atoms. The molecule has 0 unspecified atom stereocenters. The van der Waals surface area contributed by atoms with Gasteiger partial charge in [-0.3, -0.25) is 9.59 Å². The second-order valence-electron chi connectivity index (χ2n) is 8.73. The zero-order chi connectivity index (χ0) is 25.4. The van der Waals surface area contributed by atoms with E-state index in [9.17, 15) is 14.0 Å². The lowest BCUT2D eigenvalue weighted by Gasteiger charge is -2.33. The Morgan fingerprint density at radius 1 is 1.09 bits per heavy atom. The average Bonchev–Trinajstić information content (AvgIpc) is 2.83. The first-order valence-corrected chi connectivity index (χ1v) is 14.1. The first-order valence-electron chi connectivity index (χ1n) is 11.8. The van der Waals surface area contributed by atoms with Gasteiger partial charge in [0, 0.05) is 28.9 Å². The van der Waals surface area contributed by atoms with E-state index in [0.29, 0.717) is 27.1 Å². The van der Waals surface area contributed by atoms with Gasteiger partial charge in [-0.05, 0) is 49.1 Å². The molecule has 1 saturated carbocycles. The topological polar surface area (TPSA) is 49.4 Å². The predicted octanol–water partition coefficient (Wildman–Crippen LogP) is 7.28. The zero-order valence-electron chi connectivity index (χ0n) is 19.7. The summed E-state index contributed by atoms with van der Waals surface area (Å²) in [7, 11) is 0. The minimum absolute atomic E-state index is 0.0825. The van der Waals surface area contributed by atoms with E-state index >= 15 is 0 Å². The molecule has 0 saturated heterocycles. The monoisotopic (exact) mass is 558 g/mol. The molecule has 1 aliphatic rings. The van der Waals surface area contributed by atoms with E-state index in [1.807, 2.05) is 6.92 Å². The van der Waals surface area contributed by atoms with Crippen molar-refractivity contribution in [3.63, 3.8) is 0 Å². The van der Waals surface area contributed by atoms with Crippen molar-refractivity contribution in [2.24, 2.45) is 0 Å².